The van der Waals surface area contributed by atoms with Crippen LogP contribution in [0.1, 0.15) is 67.2 Å². The number of hydrogen-bond donors (Lipinski definition) is 0. The maximum atomic E-state index is 11.5. The van der Waals surface area contributed by atoms with Crippen molar-refractivity contribution in [2.24, 2.45) is 0 Å². The number of rotatable bonds is 10. The van der Waals surface area contributed by atoms with Crippen LogP contribution in [0.5, 0.6) is 0 Å². The van der Waals surface area contributed by atoms with Gasteiger partial charge in [-0.25, -0.2) is 4.79 Å². The van der Waals surface area contributed by atoms with Gasteiger partial charge in [-0.2, -0.15) is 0 Å². The molecule has 5 nitrogen and oxygen atoms in total. The van der Waals surface area contributed by atoms with Gasteiger partial charge in [0, 0.05) is 11.1 Å². The van der Waals surface area contributed by atoms with E-state index >= 15 is 0 Å². The molecule has 0 saturated carbocycles. The number of carbonyl (C=O) groups excluding carboxylic acids is 1. The van der Waals surface area contributed by atoms with Crippen molar-refractivity contribution in [3.8, 4) is 0 Å². The van der Waals surface area contributed by atoms with Gasteiger partial charge in [0.2, 0.25) is 0 Å². The van der Waals surface area contributed by atoms with Gasteiger partial charge in [-0.05, 0) is 94.4 Å². The van der Waals surface area contributed by atoms with Crippen molar-refractivity contribution < 1.29 is 14.3 Å². The molecule has 144 valence electrons. The lowest BCUT2D eigenvalue weighted by Crippen LogP contribution is -2.38. The number of unbranched alkanes of at least 4 members (excludes halogenated alkanes) is 2. The summed E-state index contributed by atoms with van der Waals surface area (Å²) in [6.07, 6.45) is 3.22. The van der Waals surface area contributed by atoms with E-state index in [1.807, 2.05) is 0 Å². The highest BCUT2D eigenvalue weighted by molar-refractivity contribution is 5.59. The summed E-state index contributed by atoms with van der Waals surface area (Å²) in [7, 11) is 4.23. The fraction of sp³-hybridized carbons (Fsp3) is 0.947. The average Bonchev–Trinajstić information content (AvgIpc) is 2.44. The third-order valence-corrected chi connectivity index (χ3v) is 4.51. The Kier molecular flexibility index (Phi) is 10.6. The largest absolute Gasteiger partial charge is 0.508 e. The van der Waals surface area contributed by atoms with Crippen LogP contribution < -0.4 is 0 Å². The Morgan fingerprint density at radius 2 is 1.04 bits per heavy atom. The first-order valence-corrected chi connectivity index (χ1v) is 9.16. The second-order valence-corrected chi connectivity index (χ2v) is 8.55. The minimum atomic E-state index is -0.539. The van der Waals surface area contributed by atoms with Gasteiger partial charge in [0.1, 0.15) is 0 Å². The van der Waals surface area contributed by atoms with E-state index < -0.39 is 6.16 Å². The molecule has 0 aromatic rings. The zero-order valence-corrected chi connectivity index (χ0v) is 17.3. The summed E-state index contributed by atoms with van der Waals surface area (Å²) in [5.74, 6) is 0. The molecule has 0 saturated heterocycles. The highest BCUT2D eigenvalue weighted by Gasteiger charge is 2.16. The first-order valence-electron chi connectivity index (χ1n) is 9.16. The average molecular weight is 345 g/mol. The standard InChI is InChI=1S/C19H40N2O3/c1-18(2,3)20(7)13-9-11-15-23-17(22)24-16-12-10-14-21(8)19(4,5)6/h9-16H2,1-8H3. The third-order valence-electron chi connectivity index (χ3n) is 4.51. The maximum absolute atomic E-state index is 11.5. The second kappa shape index (κ2) is 10.9. The molecule has 0 heterocycles. The van der Waals surface area contributed by atoms with Gasteiger partial charge >= 0.3 is 6.16 Å². The molecule has 0 aliphatic rings. The van der Waals surface area contributed by atoms with E-state index in [0.717, 1.165) is 38.8 Å². The van der Waals surface area contributed by atoms with E-state index in [-0.39, 0.29) is 11.1 Å². The molecule has 0 aliphatic heterocycles. The van der Waals surface area contributed by atoms with Gasteiger partial charge < -0.3 is 19.3 Å². The maximum Gasteiger partial charge on any atom is 0.508 e. The predicted molar refractivity (Wildman–Crippen MR) is 101 cm³/mol. The molecule has 0 fully saturated rings. The van der Waals surface area contributed by atoms with Crippen molar-refractivity contribution in [1.29, 1.82) is 0 Å². The van der Waals surface area contributed by atoms with Crippen LogP contribution in [0.4, 0.5) is 4.79 Å². The van der Waals surface area contributed by atoms with Gasteiger partial charge in [-0.1, -0.05) is 0 Å². The summed E-state index contributed by atoms with van der Waals surface area (Å²) < 4.78 is 10.2. The third kappa shape index (κ3) is 11.7. The first kappa shape index (κ1) is 23.2. The highest BCUT2D eigenvalue weighted by Crippen LogP contribution is 2.12. The van der Waals surface area contributed by atoms with E-state index in [1.54, 1.807) is 0 Å². The number of hydrogen-bond acceptors (Lipinski definition) is 5. The number of nitrogens with zero attached hydrogens (tertiary/aromatic N) is 2. The first-order chi connectivity index (χ1) is 10.9. The molecule has 0 rings (SSSR count). The fourth-order valence-corrected chi connectivity index (χ4v) is 1.93. The highest BCUT2D eigenvalue weighted by atomic mass is 16.7. The summed E-state index contributed by atoms with van der Waals surface area (Å²) in [6.45, 7) is 16.0. The molecule has 0 spiro atoms. The normalized spacial score (nSPS) is 12.8. The smallest absolute Gasteiger partial charge is 0.434 e. The van der Waals surface area contributed by atoms with Crippen LogP contribution in [-0.4, -0.2) is 67.4 Å². The van der Waals surface area contributed by atoms with Crippen LogP contribution in [0, 0.1) is 0 Å². The predicted octanol–water partition coefficient (Wildman–Crippen LogP) is 4.16. The molecule has 0 aliphatic carbocycles. The molecule has 0 unspecified atom stereocenters. The van der Waals surface area contributed by atoms with Crippen LogP contribution in [-0.2, 0) is 9.47 Å². The van der Waals surface area contributed by atoms with E-state index in [4.69, 9.17) is 9.47 Å². The topological polar surface area (TPSA) is 42.0 Å². The van der Waals surface area contributed by atoms with Crippen molar-refractivity contribution in [3.05, 3.63) is 0 Å². The molecule has 0 atom stereocenters. The van der Waals surface area contributed by atoms with Crippen LogP contribution in [0.2, 0.25) is 0 Å². The lowest BCUT2D eigenvalue weighted by molar-refractivity contribution is 0.0509. The van der Waals surface area contributed by atoms with Crippen molar-refractivity contribution in [2.45, 2.75) is 78.3 Å². The van der Waals surface area contributed by atoms with Crippen LogP contribution >= 0.6 is 0 Å². The van der Waals surface area contributed by atoms with Crippen LogP contribution in [0.3, 0.4) is 0 Å². The molecule has 0 aromatic heterocycles. The Balaban J connectivity index is 3.55. The second-order valence-electron chi connectivity index (χ2n) is 8.55. The molecule has 0 amide bonds. The van der Waals surface area contributed by atoms with E-state index in [1.165, 1.54) is 0 Å². The van der Waals surface area contributed by atoms with Crippen molar-refractivity contribution >= 4 is 6.16 Å². The molecule has 5 heteroatoms. The molecule has 0 N–H and O–H groups in total. The Morgan fingerprint density at radius 3 is 1.33 bits per heavy atom. The minimum absolute atomic E-state index is 0.181. The van der Waals surface area contributed by atoms with Crippen molar-refractivity contribution in [2.75, 3.05) is 40.4 Å². The molecule has 0 radical (unpaired) electrons. The summed E-state index contributed by atoms with van der Waals surface area (Å²) in [6, 6.07) is 0. The van der Waals surface area contributed by atoms with E-state index in [0.29, 0.717) is 13.2 Å². The SMILES string of the molecule is CN(CCCCOC(=O)OCCCCN(C)C(C)(C)C)C(C)(C)C. The van der Waals surface area contributed by atoms with Gasteiger partial charge in [0.05, 0.1) is 13.2 Å². The zero-order valence-electron chi connectivity index (χ0n) is 17.3. The number of carbonyl (C=O) groups is 1. The summed E-state index contributed by atoms with van der Waals surface area (Å²) in [4.78, 5) is 16.1. The quantitative estimate of drug-likeness (QED) is 0.440. The van der Waals surface area contributed by atoms with Gasteiger partial charge in [-0.3, -0.25) is 0 Å². The molecule has 0 aromatic carbocycles. The molecule has 24 heavy (non-hydrogen) atoms. The van der Waals surface area contributed by atoms with Crippen molar-refractivity contribution in [3.63, 3.8) is 0 Å². The molecule has 0 bridgehead atoms. The summed E-state index contributed by atoms with van der Waals surface area (Å²) in [5, 5.41) is 0. The summed E-state index contributed by atoms with van der Waals surface area (Å²) in [5.41, 5.74) is 0.363. The van der Waals surface area contributed by atoms with Crippen molar-refractivity contribution in [1.82, 2.24) is 9.80 Å². The van der Waals surface area contributed by atoms with E-state index in [2.05, 4.69) is 65.4 Å². The Bertz CT molecular complexity index is 314. The summed E-state index contributed by atoms with van der Waals surface area (Å²) >= 11 is 0. The Labute approximate surface area is 149 Å². The molecular formula is C19H40N2O3. The Morgan fingerprint density at radius 1 is 0.708 bits per heavy atom. The zero-order chi connectivity index (χ0) is 18.8. The fourth-order valence-electron chi connectivity index (χ4n) is 1.93. The van der Waals surface area contributed by atoms with Gasteiger partial charge in [0.25, 0.3) is 0 Å². The minimum Gasteiger partial charge on any atom is -0.434 e. The lowest BCUT2D eigenvalue weighted by Gasteiger charge is -2.31. The number of ether oxygens (including phenoxy) is 2. The van der Waals surface area contributed by atoms with E-state index in [9.17, 15) is 4.79 Å². The monoisotopic (exact) mass is 344 g/mol. The van der Waals surface area contributed by atoms with Crippen LogP contribution in [0.25, 0.3) is 0 Å². The lowest BCUT2D eigenvalue weighted by atomic mass is 10.1. The Hall–Kier alpha value is -0.810. The molecular weight excluding hydrogens is 304 g/mol. The van der Waals surface area contributed by atoms with Gasteiger partial charge in [-0.15, -0.1) is 0 Å². The van der Waals surface area contributed by atoms with Crippen LogP contribution in [0.15, 0.2) is 0 Å². The van der Waals surface area contributed by atoms with Gasteiger partial charge in [0.15, 0.2) is 0 Å².